The lowest BCUT2D eigenvalue weighted by molar-refractivity contribution is -0.109. The van der Waals surface area contributed by atoms with Crippen LogP contribution < -0.4 is 47.4 Å². The highest BCUT2D eigenvalue weighted by Gasteiger charge is 2.33. The van der Waals surface area contributed by atoms with Gasteiger partial charge in [-0.2, -0.15) is 0 Å². The number of ether oxygens (including phenoxy) is 10. The zero-order valence-corrected chi connectivity index (χ0v) is 54.6. The van der Waals surface area contributed by atoms with Gasteiger partial charge in [-0.05, 0) is 157 Å². The molecule has 484 valence electrons. The maximum absolute atomic E-state index is 10.5. The molecule has 2 N–H and O–H groups in total. The van der Waals surface area contributed by atoms with E-state index in [9.17, 15) is 24.6 Å². The summed E-state index contributed by atoms with van der Waals surface area (Å²) in [6, 6.07) is 40.2. The smallest absolute Gasteiger partial charge is 0.231 e. The molecule has 0 spiro atoms. The predicted molar refractivity (Wildman–Crippen MR) is 361 cm³/mol. The Morgan fingerprint density at radius 2 is 0.901 bits per heavy atom. The van der Waals surface area contributed by atoms with Gasteiger partial charge in [-0.3, -0.25) is 4.79 Å². The Bertz CT molecular complexity index is 3200. The van der Waals surface area contributed by atoms with Gasteiger partial charge in [0.1, 0.15) is 12.6 Å². The van der Waals surface area contributed by atoms with E-state index >= 15 is 0 Å². The second-order valence-corrected chi connectivity index (χ2v) is 28.9. The third-order valence-corrected chi connectivity index (χ3v) is 16.5. The highest BCUT2D eigenvalue weighted by Crippen LogP contribution is 2.42. The van der Waals surface area contributed by atoms with Gasteiger partial charge in [0, 0.05) is 20.9 Å². The summed E-state index contributed by atoms with van der Waals surface area (Å²) >= 11 is 9.53. The molecule has 0 saturated heterocycles. The molecule has 0 radical (unpaired) electrons. The second kappa shape index (κ2) is 38.4. The standard InChI is InChI=1S/C14H16O2.C12H14O4.C12H12O4.C12H12O2.C8H6O3.C8H8.C6H14Si.CH2Cl2/c1-3-5-11(6-4-2)12-7-8-13-14(9-12)16-10-15-13;13-9-3-8(4-10(9)14)7-1-2-11-12(5-7)16-6-15-11;13-5-3-9(4-6-14)10-1-2-11-12(7-10)16-8-15-11;1-2-4-9(3-1)10-5-6-11-12(7-10)14-8-13-11;9-4-6-2-1-3-7-8(6)11-5-10-7;1-2-8-6-4-3-5-7-8;1-5-6-7(2,3)4;2-1-3/h3-4,7-9,11H,1-2,5-6,10H2;1-2,5,8-10,13-14H,3-4,6H2;1-2,5-7,9H,3-4,8H2;1-2,5-7,9H,3-4,8H2;1-4H,5H2;2-7H,1H2;5H,1,6H2,2-4H3;1H2. The number of carbonyl (C=O) groups is 3. The van der Waals surface area contributed by atoms with Crippen LogP contribution >= 0.6 is 23.2 Å². The lowest BCUT2D eigenvalue weighted by atomic mass is 9.92. The van der Waals surface area contributed by atoms with Gasteiger partial charge in [-0.1, -0.05) is 123 Å². The topological polar surface area (TPSA) is 184 Å². The Kier molecular flexibility index (Phi) is 30.3. The molecular formula is C73H84Cl2O15Si. The molecule has 91 heavy (non-hydrogen) atoms. The van der Waals surface area contributed by atoms with Gasteiger partial charge in [0.25, 0.3) is 0 Å². The number of halogens is 2. The third-order valence-electron chi connectivity index (χ3n) is 15.0. The molecule has 5 aliphatic heterocycles. The number of aliphatic hydroxyl groups is 2. The zero-order valence-electron chi connectivity index (χ0n) is 52.1. The molecule has 6 aromatic rings. The van der Waals surface area contributed by atoms with Crippen molar-refractivity contribution in [1.82, 2.24) is 0 Å². The van der Waals surface area contributed by atoms with E-state index < -0.39 is 20.3 Å². The van der Waals surface area contributed by atoms with Crippen molar-refractivity contribution in [3.05, 3.63) is 211 Å². The lowest BCUT2D eigenvalue weighted by Gasteiger charge is -2.13. The van der Waals surface area contributed by atoms with Gasteiger partial charge >= 0.3 is 0 Å². The number of aldehydes is 3. The molecule has 15 nitrogen and oxygen atoms in total. The number of hydrogen-bond acceptors (Lipinski definition) is 15. The molecular weight excluding hydrogens is 1220 g/mol. The number of rotatable bonds is 16. The first kappa shape index (κ1) is 71.8. The molecule has 5 heterocycles. The summed E-state index contributed by atoms with van der Waals surface area (Å²) in [5, 5.41) is 19.2. The zero-order chi connectivity index (χ0) is 65.4. The monoisotopic (exact) mass is 1300 g/mol. The fourth-order valence-electron chi connectivity index (χ4n) is 10.3. The first-order valence-electron chi connectivity index (χ1n) is 30.1. The molecule has 2 aliphatic carbocycles. The highest BCUT2D eigenvalue weighted by atomic mass is 35.5. The number of hydrogen-bond donors (Lipinski definition) is 2. The van der Waals surface area contributed by atoms with Crippen LogP contribution in [0.4, 0.5) is 0 Å². The van der Waals surface area contributed by atoms with Crippen molar-refractivity contribution in [2.45, 2.75) is 113 Å². The van der Waals surface area contributed by atoms with Crippen LogP contribution in [0.15, 0.2) is 178 Å². The van der Waals surface area contributed by atoms with Crippen LogP contribution in [-0.4, -0.2) is 88.7 Å². The Hall–Kier alpha value is -8.25. The molecule has 7 aliphatic rings. The molecule has 0 aromatic heterocycles. The fourth-order valence-corrected chi connectivity index (χ4v) is 11.1. The predicted octanol–water partition coefficient (Wildman–Crippen LogP) is 16.7. The van der Waals surface area contributed by atoms with Crippen LogP contribution in [0.25, 0.3) is 6.08 Å². The van der Waals surface area contributed by atoms with Gasteiger partial charge in [-0.25, -0.2) is 0 Å². The van der Waals surface area contributed by atoms with Gasteiger partial charge in [0.15, 0.2) is 63.8 Å². The van der Waals surface area contributed by atoms with Crippen molar-refractivity contribution in [3.63, 3.8) is 0 Å². The van der Waals surface area contributed by atoms with Gasteiger partial charge < -0.3 is 67.2 Å². The normalized spacial score (nSPS) is 16.5. The van der Waals surface area contributed by atoms with Crippen LogP contribution in [0, 0.1) is 0 Å². The van der Waals surface area contributed by atoms with E-state index in [0.717, 1.165) is 90.2 Å². The summed E-state index contributed by atoms with van der Waals surface area (Å²) in [6.45, 7) is 23.3. The Balaban J connectivity index is 0.000000170. The van der Waals surface area contributed by atoms with Crippen molar-refractivity contribution >= 4 is 56.2 Å². The number of para-hydroxylation sites is 1. The summed E-state index contributed by atoms with van der Waals surface area (Å²) in [5.74, 6) is 8.79. The number of carbonyl (C=O) groups excluding carboxylic acids is 3. The third kappa shape index (κ3) is 22.9. The van der Waals surface area contributed by atoms with Crippen molar-refractivity contribution in [3.8, 4) is 57.5 Å². The lowest BCUT2D eigenvalue weighted by Crippen LogP contribution is -2.17. The average Bonchev–Trinajstić information content (AvgIpc) is 2.05. The largest absolute Gasteiger partial charge is 0.454 e. The van der Waals surface area contributed by atoms with Crippen LogP contribution in [0.3, 0.4) is 0 Å². The van der Waals surface area contributed by atoms with E-state index in [1.807, 2.05) is 97.1 Å². The maximum atomic E-state index is 10.5. The van der Waals surface area contributed by atoms with Crippen molar-refractivity contribution in [2.75, 3.05) is 39.3 Å². The first-order chi connectivity index (χ1) is 44.2. The van der Waals surface area contributed by atoms with Crippen molar-refractivity contribution in [2.24, 2.45) is 0 Å². The van der Waals surface area contributed by atoms with E-state index in [-0.39, 0.29) is 37.6 Å². The van der Waals surface area contributed by atoms with Crippen LogP contribution in [0.5, 0.6) is 57.5 Å². The van der Waals surface area contributed by atoms with E-state index in [4.69, 9.17) is 70.6 Å². The number of alkyl halides is 2. The molecule has 1 saturated carbocycles. The van der Waals surface area contributed by atoms with Crippen molar-refractivity contribution < 1.29 is 72.0 Å². The highest BCUT2D eigenvalue weighted by molar-refractivity contribution is 6.76. The second-order valence-electron chi connectivity index (χ2n) is 22.6. The Morgan fingerprint density at radius 1 is 0.484 bits per heavy atom. The first-order valence-corrected chi connectivity index (χ1v) is 34.9. The molecule has 2 atom stereocenters. The molecule has 18 heteroatoms. The van der Waals surface area contributed by atoms with Crippen LogP contribution in [-0.2, 0) is 9.59 Å². The van der Waals surface area contributed by atoms with E-state index in [0.29, 0.717) is 79.7 Å². The van der Waals surface area contributed by atoms with E-state index in [1.165, 1.54) is 22.7 Å². The van der Waals surface area contributed by atoms with Gasteiger partial charge in [-0.15, -0.1) is 42.9 Å². The number of benzene rings is 6. The summed E-state index contributed by atoms with van der Waals surface area (Å²) in [6.07, 6.45) is 19.6. The van der Waals surface area contributed by atoms with Gasteiger partial charge in [0.2, 0.25) is 34.0 Å². The maximum Gasteiger partial charge on any atom is 0.231 e. The molecule has 0 bridgehead atoms. The fraction of sp³-hybridized carbons (Fsp3) is 0.329. The molecule has 2 unspecified atom stereocenters. The Morgan fingerprint density at radius 3 is 1.31 bits per heavy atom. The number of fused-ring (bicyclic) bond motifs is 5. The van der Waals surface area contributed by atoms with Crippen LogP contribution in [0.1, 0.15) is 113 Å². The minimum atomic E-state index is -0.775. The number of aliphatic hydroxyl groups excluding tert-OH is 2. The minimum Gasteiger partial charge on any atom is -0.454 e. The van der Waals surface area contributed by atoms with Gasteiger partial charge in [0.05, 0.1) is 23.1 Å². The van der Waals surface area contributed by atoms with E-state index in [2.05, 4.69) is 82.4 Å². The molecule has 1 fully saturated rings. The van der Waals surface area contributed by atoms with Crippen molar-refractivity contribution in [1.29, 1.82) is 0 Å². The SMILES string of the molecule is C1=CCC(c2ccc3c(c2)OCO3)C1.C=CCC(CC=C)c1ccc2c(c1)OCO2.C=CC[Si](C)(C)C.C=Cc1ccccc1.ClCCl.O=CCC(CC=O)c1ccc2c(c1)OCO2.O=Cc1cccc2c1OCO2.OC1CC(c2ccc3c(c2)OCO3)CC1O. The summed E-state index contributed by atoms with van der Waals surface area (Å²) in [7, 11) is -0.775. The molecule has 0 amide bonds. The molecule has 13 rings (SSSR count). The number of allylic oxidation sites excluding steroid dienone is 5. The summed E-state index contributed by atoms with van der Waals surface area (Å²) in [4.78, 5) is 31.5. The summed E-state index contributed by atoms with van der Waals surface area (Å²) in [5.41, 5.74) is 6.36. The quantitative estimate of drug-likeness (QED) is 0.0403. The van der Waals surface area contributed by atoms with Crippen LogP contribution in [0.2, 0.25) is 25.7 Å². The summed E-state index contributed by atoms with van der Waals surface area (Å²) < 4.78 is 52.4. The minimum absolute atomic E-state index is 0.0653. The molecule has 6 aromatic carbocycles. The average molecular weight is 1300 g/mol. The Labute approximate surface area is 546 Å². The van der Waals surface area contributed by atoms with E-state index in [1.54, 1.807) is 24.3 Å².